The van der Waals surface area contributed by atoms with Crippen molar-refractivity contribution >= 4 is 5.97 Å². The second-order valence-corrected chi connectivity index (χ2v) is 7.48. The van der Waals surface area contributed by atoms with Crippen molar-refractivity contribution in [2.24, 2.45) is 5.92 Å². The average Bonchev–Trinajstić information content (AvgIpc) is 2.79. The zero-order valence-corrected chi connectivity index (χ0v) is 18.6. The van der Waals surface area contributed by atoms with Crippen molar-refractivity contribution in [3.63, 3.8) is 0 Å². The first-order valence-corrected chi connectivity index (χ1v) is 10.5. The maximum atomic E-state index is 11.5. The number of carboxylic acids is 1. The number of rotatable bonds is 9. The topological polar surface area (TPSA) is 77.5 Å². The van der Waals surface area contributed by atoms with Gasteiger partial charge in [-0.25, -0.2) is 0 Å². The molecule has 1 aliphatic heterocycles. The number of para-hydroxylation sites is 1. The molecule has 7 nitrogen and oxygen atoms in total. The Bertz CT molecular complexity index is 892. The molecule has 1 heterocycles. The van der Waals surface area contributed by atoms with Gasteiger partial charge in [-0.15, -0.1) is 0 Å². The summed E-state index contributed by atoms with van der Waals surface area (Å²) >= 11 is 0. The Hall–Kier alpha value is -2.93. The Balaban J connectivity index is 2.08. The number of ether oxygens (including phenoxy) is 4. The number of hydrogen-bond donors (Lipinski definition) is 1. The molecule has 2 aromatic carbocycles. The minimum absolute atomic E-state index is 0.148. The fourth-order valence-corrected chi connectivity index (χ4v) is 4.25. The number of aliphatic carboxylic acids is 1. The lowest BCUT2D eigenvalue weighted by Crippen LogP contribution is -2.39. The summed E-state index contributed by atoms with van der Waals surface area (Å²) in [5.74, 6) is 1.65. The van der Waals surface area contributed by atoms with Crippen LogP contribution in [0.4, 0.5) is 0 Å². The molecule has 1 N–H and O–H groups in total. The highest BCUT2D eigenvalue weighted by Crippen LogP contribution is 2.43. The smallest absolute Gasteiger partial charge is 0.306 e. The monoisotopic (exact) mass is 429 g/mol. The molecule has 0 spiro atoms. The normalized spacial score (nSPS) is 15.9. The standard InChI is InChI=1S/C24H31NO6/c1-5-31-21-15-17(9-10-19(21)28-2)22(25-13-11-16(12-14-25)24(26)27)18-7-6-8-20(29-3)23(18)30-4/h6-10,15-16,22H,5,11-14H2,1-4H3,(H,26,27). The summed E-state index contributed by atoms with van der Waals surface area (Å²) in [4.78, 5) is 13.8. The van der Waals surface area contributed by atoms with Crippen LogP contribution >= 0.6 is 0 Å². The molecule has 0 amide bonds. The Morgan fingerprint density at radius 1 is 1.03 bits per heavy atom. The van der Waals surface area contributed by atoms with E-state index in [-0.39, 0.29) is 12.0 Å². The first kappa shape index (κ1) is 22.7. The van der Waals surface area contributed by atoms with Crippen LogP contribution in [0, 0.1) is 5.92 Å². The second-order valence-electron chi connectivity index (χ2n) is 7.48. The van der Waals surface area contributed by atoms with Crippen LogP contribution in [0.15, 0.2) is 36.4 Å². The molecule has 0 aliphatic carbocycles. The number of nitrogens with zero attached hydrogens (tertiary/aromatic N) is 1. The molecule has 0 saturated carbocycles. The number of carboxylic acid groups (broad SMARTS) is 1. The predicted molar refractivity (Wildman–Crippen MR) is 117 cm³/mol. The number of benzene rings is 2. The summed E-state index contributed by atoms with van der Waals surface area (Å²) in [6.45, 7) is 3.79. The number of hydrogen-bond acceptors (Lipinski definition) is 6. The van der Waals surface area contributed by atoms with E-state index < -0.39 is 5.97 Å². The van der Waals surface area contributed by atoms with Gasteiger partial charge >= 0.3 is 5.97 Å². The molecule has 7 heteroatoms. The van der Waals surface area contributed by atoms with E-state index >= 15 is 0 Å². The largest absolute Gasteiger partial charge is 0.493 e. The van der Waals surface area contributed by atoms with Crippen LogP contribution in [0.2, 0.25) is 0 Å². The van der Waals surface area contributed by atoms with Gasteiger partial charge in [0.1, 0.15) is 0 Å². The van der Waals surface area contributed by atoms with E-state index in [0.29, 0.717) is 55.5 Å². The van der Waals surface area contributed by atoms with E-state index in [1.165, 1.54) is 0 Å². The van der Waals surface area contributed by atoms with E-state index in [1.54, 1.807) is 21.3 Å². The minimum atomic E-state index is -0.724. The number of likely N-dealkylation sites (tertiary alicyclic amines) is 1. The van der Waals surface area contributed by atoms with Crippen molar-refractivity contribution in [2.45, 2.75) is 25.8 Å². The van der Waals surface area contributed by atoms with E-state index in [0.717, 1.165) is 11.1 Å². The van der Waals surface area contributed by atoms with Gasteiger partial charge in [0.2, 0.25) is 0 Å². The first-order chi connectivity index (χ1) is 15.0. The third-order valence-corrected chi connectivity index (χ3v) is 5.78. The van der Waals surface area contributed by atoms with Crippen molar-refractivity contribution < 1.29 is 28.8 Å². The zero-order valence-electron chi connectivity index (χ0n) is 18.6. The number of piperidine rings is 1. The van der Waals surface area contributed by atoms with Crippen molar-refractivity contribution in [1.29, 1.82) is 0 Å². The van der Waals surface area contributed by atoms with Gasteiger partial charge in [0.15, 0.2) is 23.0 Å². The van der Waals surface area contributed by atoms with Crippen molar-refractivity contribution in [3.05, 3.63) is 47.5 Å². The highest BCUT2D eigenvalue weighted by molar-refractivity contribution is 5.70. The summed E-state index contributed by atoms with van der Waals surface area (Å²) in [6.07, 6.45) is 1.21. The van der Waals surface area contributed by atoms with Gasteiger partial charge < -0.3 is 24.1 Å². The maximum absolute atomic E-state index is 11.5. The van der Waals surface area contributed by atoms with Crippen LogP contribution < -0.4 is 18.9 Å². The molecule has 31 heavy (non-hydrogen) atoms. The summed E-state index contributed by atoms with van der Waals surface area (Å²) in [5, 5.41) is 9.42. The molecular formula is C24H31NO6. The van der Waals surface area contributed by atoms with E-state index in [1.807, 2.05) is 43.3 Å². The Morgan fingerprint density at radius 3 is 2.32 bits per heavy atom. The van der Waals surface area contributed by atoms with Gasteiger partial charge in [-0.1, -0.05) is 18.2 Å². The third kappa shape index (κ3) is 4.88. The highest BCUT2D eigenvalue weighted by Gasteiger charge is 2.32. The fraction of sp³-hybridized carbons (Fsp3) is 0.458. The minimum Gasteiger partial charge on any atom is -0.493 e. The van der Waals surface area contributed by atoms with Gasteiger partial charge in [0.05, 0.1) is 39.9 Å². The SMILES string of the molecule is CCOc1cc(C(c2cccc(OC)c2OC)N2CCC(C(=O)O)CC2)ccc1OC. The lowest BCUT2D eigenvalue weighted by molar-refractivity contribution is -0.143. The van der Waals surface area contributed by atoms with Gasteiger partial charge in [0, 0.05) is 5.56 Å². The van der Waals surface area contributed by atoms with Crippen LogP contribution in [-0.4, -0.2) is 57.0 Å². The molecule has 0 radical (unpaired) electrons. The summed E-state index contributed by atoms with van der Waals surface area (Å²) < 4.78 is 22.5. The first-order valence-electron chi connectivity index (χ1n) is 10.5. The van der Waals surface area contributed by atoms with Crippen molar-refractivity contribution in [2.75, 3.05) is 41.0 Å². The fourth-order valence-electron chi connectivity index (χ4n) is 4.25. The lowest BCUT2D eigenvalue weighted by Gasteiger charge is -2.37. The Labute approximate surface area is 183 Å². The molecule has 1 aliphatic rings. The zero-order chi connectivity index (χ0) is 22.4. The van der Waals surface area contributed by atoms with Crippen molar-refractivity contribution in [3.8, 4) is 23.0 Å². The van der Waals surface area contributed by atoms with E-state index in [2.05, 4.69) is 4.90 Å². The van der Waals surface area contributed by atoms with Crippen LogP contribution in [0.5, 0.6) is 23.0 Å². The van der Waals surface area contributed by atoms with Gasteiger partial charge in [-0.3, -0.25) is 9.69 Å². The summed E-state index contributed by atoms with van der Waals surface area (Å²) in [5.41, 5.74) is 1.98. The average molecular weight is 430 g/mol. The molecule has 1 unspecified atom stereocenters. The molecule has 1 atom stereocenters. The van der Waals surface area contributed by atoms with E-state index in [9.17, 15) is 9.90 Å². The highest BCUT2D eigenvalue weighted by atomic mass is 16.5. The van der Waals surface area contributed by atoms with Crippen LogP contribution in [0.3, 0.4) is 0 Å². The molecule has 0 aromatic heterocycles. The quantitative estimate of drug-likeness (QED) is 0.646. The Morgan fingerprint density at radius 2 is 1.74 bits per heavy atom. The molecule has 3 rings (SSSR count). The molecular weight excluding hydrogens is 398 g/mol. The summed E-state index contributed by atoms with van der Waals surface area (Å²) in [6, 6.07) is 11.6. The molecule has 168 valence electrons. The van der Waals surface area contributed by atoms with E-state index in [4.69, 9.17) is 18.9 Å². The maximum Gasteiger partial charge on any atom is 0.306 e. The van der Waals surface area contributed by atoms with Crippen LogP contribution in [0.25, 0.3) is 0 Å². The third-order valence-electron chi connectivity index (χ3n) is 5.78. The van der Waals surface area contributed by atoms with Gasteiger partial charge in [0.25, 0.3) is 0 Å². The number of methoxy groups -OCH3 is 3. The predicted octanol–water partition coefficient (Wildman–Crippen LogP) is 4.00. The number of carbonyl (C=O) groups is 1. The van der Waals surface area contributed by atoms with Crippen molar-refractivity contribution in [1.82, 2.24) is 4.90 Å². The summed E-state index contributed by atoms with van der Waals surface area (Å²) in [7, 11) is 4.88. The van der Waals surface area contributed by atoms with Gasteiger partial charge in [-0.2, -0.15) is 0 Å². The molecule has 1 fully saturated rings. The lowest BCUT2D eigenvalue weighted by atomic mass is 9.90. The molecule has 0 bridgehead atoms. The van der Waals surface area contributed by atoms with Gasteiger partial charge in [-0.05, 0) is 56.6 Å². The Kier molecular flexibility index (Phi) is 7.63. The second kappa shape index (κ2) is 10.4. The molecule has 2 aromatic rings. The van der Waals surface area contributed by atoms with Crippen LogP contribution in [0.1, 0.15) is 36.9 Å². The molecule has 1 saturated heterocycles. The van der Waals surface area contributed by atoms with Crippen LogP contribution in [-0.2, 0) is 4.79 Å².